The van der Waals surface area contributed by atoms with Crippen LogP contribution in [0.3, 0.4) is 0 Å². The zero-order valence-electron chi connectivity index (χ0n) is 12.1. The van der Waals surface area contributed by atoms with E-state index in [4.69, 9.17) is 16.3 Å². The summed E-state index contributed by atoms with van der Waals surface area (Å²) in [6.07, 6.45) is -0.583. The maximum atomic E-state index is 12.4. The molecule has 0 saturated carbocycles. The molecule has 0 N–H and O–H groups in total. The summed E-state index contributed by atoms with van der Waals surface area (Å²) >= 11 is 6.22. The molecule has 21 heavy (non-hydrogen) atoms. The second-order valence-electron chi connectivity index (χ2n) is 4.96. The second-order valence-corrected chi connectivity index (χ2v) is 5.36. The van der Waals surface area contributed by atoms with E-state index < -0.39 is 6.09 Å². The number of halogens is 1. The van der Waals surface area contributed by atoms with Gasteiger partial charge in [0.2, 0.25) is 0 Å². The first-order valence-electron chi connectivity index (χ1n) is 6.84. The topological polar surface area (TPSA) is 29.5 Å². The third kappa shape index (κ3) is 4.23. The van der Waals surface area contributed by atoms with Gasteiger partial charge >= 0.3 is 6.09 Å². The number of benzene rings is 2. The van der Waals surface area contributed by atoms with Gasteiger partial charge in [-0.3, -0.25) is 4.90 Å². The summed E-state index contributed by atoms with van der Waals surface area (Å²) < 4.78 is 5.32. The molecule has 4 heteroatoms. The molecule has 0 radical (unpaired) electrons. The maximum Gasteiger partial charge on any atom is 0.414 e. The highest BCUT2D eigenvalue weighted by Gasteiger charge is 2.20. The number of hydrogen-bond donors (Lipinski definition) is 0. The van der Waals surface area contributed by atoms with Crippen molar-refractivity contribution in [2.45, 2.75) is 26.5 Å². The molecular weight excluding hydrogens is 286 g/mol. The Balaban J connectivity index is 2.30. The molecule has 0 aromatic heterocycles. The van der Waals surface area contributed by atoms with Gasteiger partial charge in [0.25, 0.3) is 0 Å². The van der Waals surface area contributed by atoms with Gasteiger partial charge in [0.05, 0.1) is 23.4 Å². The average molecular weight is 304 g/mol. The minimum Gasteiger partial charge on any atom is -0.446 e. The van der Waals surface area contributed by atoms with Gasteiger partial charge in [-0.05, 0) is 31.5 Å². The quantitative estimate of drug-likeness (QED) is 0.804. The van der Waals surface area contributed by atoms with Crippen LogP contribution in [0.1, 0.15) is 19.4 Å². The lowest BCUT2D eigenvalue weighted by atomic mass is 10.2. The molecule has 0 atom stereocenters. The monoisotopic (exact) mass is 303 g/mol. The van der Waals surface area contributed by atoms with Crippen molar-refractivity contribution in [2.24, 2.45) is 0 Å². The molecule has 0 unspecified atom stereocenters. The highest BCUT2D eigenvalue weighted by Crippen LogP contribution is 2.27. The predicted octanol–water partition coefficient (Wildman–Crippen LogP) is 4.89. The molecular formula is C17H18ClNO2. The van der Waals surface area contributed by atoms with Gasteiger partial charge in [-0.25, -0.2) is 4.79 Å². The fraction of sp³-hybridized carbons (Fsp3) is 0.235. The van der Waals surface area contributed by atoms with E-state index in [1.807, 2.05) is 62.4 Å². The minimum absolute atomic E-state index is 0.182. The SMILES string of the molecule is CC(C)OC(=O)N(Cc1ccccc1)c1ccccc1Cl. The fourth-order valence-corrected chi connectivity index (χ4v) is 2.19. The summed E-state index contributed by atoms with van der Waals surface area (Å²) in [6.45, 7) is 4.06. The molecule has 110 valence electrons. The Morgan fingerprint density at radius 3 is 2.33 bits per heavy atom. The number of nitrogens with zero attached hydrogens (tertiary/aromatic N) is 1. The number of hydrogen-bond acceptors (Lipinski definition) is 2. The molecule has 0 aliphatic rings. The van der Waals surface area contributed by atoms with Crippen molar-refractivity contribution in [3.63, 3.8) is 0 Å². The van der Waals surface area contributed by atoms with Crippen LogP contribution in [0.4, 0.5) is 10.5 Å². The number of carbonyl (C=O) groups is 1. The normalized spacial score (nSPS) is 10.5. The Kier molecular flexibility index (Phi) is 5.23. The van der Waals surface area contributed by atoms with Gasteiger partial charge in [0.15, 0.2) is 0 Å². The van der Waals surface area contributed by atoms with E-state index >= 15 is 0 Å². The zero-order valence-corrected chi connectivity index (χ0v) is 12.9. The summed E-state index contributed by atoms with van der Waals surface area (Å²) in [5.74, 6) is 0. The van der Waals surface area contributed by atoms with Crippen LogP contribution in [0.25, 0.3) is 0 Å². The van der Waals surface area contributed by atoms with E-state index in [0.29, 0.717) is 17.3 Å². The number of ether oxygens (including phenoxy) is 1. The van der Waals surface area contributed by atoms with Crippen LogP contribution in [0.15, 0.2) is 54.6 Å². The number of rotatable bonds is 4. The molecule has 0 spiro atoms. The van der Waals surface area contributed by atoms with Crippen molar-refractivity contribution in [3.8, 4) is 0 Å². The van der Waals surface area contributed by atoms with Crippen molar-refractivity contribution in [3.05, 3.63) is 65.2 Å². The molecule has 1 amide bonds. The lowest BCUT2D eigenvalue weighted by Crippen LogP contribution is -2.33. The molecule has 3 nitrogen and oxygen atoms in total. The third-order valence-electron chi connectivity index (χ3n) is 2.88. The summed E-state index contributed by atoms with van der Waals surface area (Å²) in [7, 11) is 0. The lowest BCUT2D eigenvalue weighted by Gasteiger charge is -2.24. The standard InChI is InChI=1S/C17H18ClNO2/c1-13(2)21-17(20)19(12-14-8-4-3-5-9-14)16-11-7-6-10-15(16)18/h3-11,13H,12H2,1-2H3. The second kappa shape index (κ2) is 7.14. The van der Waals surface area contributed by atoms with Crippen LogP contribution < -0.4 is 4.90 Å². The molecule has 0 heterocycles. The van der Waals surface area contributed by atoms with Gasteiger partial charge in [-0.1, -0.05) is 54.1 Å². The van der Waals surface area contributed by atoms with Gasteiger partial charge in [-0.15, -0.1) is 0 Å². The Hall–Kier alpha value is -2.00. The molecule has 0 bridgehead atoms. The first kappa shape index (κ1) is 15.4. The number of amides is 1. The number of carbonyl (C=O) groups excluding carboxylic acids is 1. The Morgan fingerprint density at radius 2 is 1.71 bits per heavy atom. The maximum absolute atomic E-state index is 12.4. The smallest absolute Gasteiger partial charge is 0.414 e. The van der Waals surface area contributed by atoms with Gasteiger partial charge in [0, 0.05) is 0 Å². The van der Waals surface area contributed by atoms with Gasteiger partial charge in [0.1, 0.15) is 0 Å². The Morgan fingerprint density at radius 1 is 1.10 bits per heavy atom. The van der Waals surface area contributed by atoms with E-state index in [0.717, 1.165) is 5.56 Å². The van der Waals surface area contributed by atoms with Crippen LogP contribution >= 0.6 is 11.6 Å². The van der Waals surface area contributed by atoms with Crippen LogP contribution in [0.2, 0.25) is 5.02 Å². The molecule has 2 aromatic carbocycles. The lowest BCUT2D eigenvalue weighted by molar-refractivity contribution is 0.122. The number of para-hydroxylation sites is 1. The molecule has 0 aliphatic carbocycles. The molecule has 2 aromatic rings. The van der Waals surface area contributed by atoms with E-state index in [-0.39, 0.29) is 6.10 Å². The van der Waals surface area contributed by atoms with Crippen LogP contribution in [-0.2, 0) is 11.3 Å². The van der Waals surface area contributed by atoms with Crippen molar-refractivity contribution in [1.82, 2.24) is 0 Å². The Labute approximate surface area is 130 Å². The van der Waals surface area contributed by atoms with Crippen molar-refractivity contribution in [1.29, 1.82) is 0 Å². The fourth-order valence-electron chi connectivity index (χ4n) is 1.95. The third-order valence-corrected chi connectivity index (χ3v) is 3.20. The summed E-state index contributed by atoms with van der Waals surface area (Å²) in [5.41, 5.74) is 1.66. The minimum atomic E-state index is -0.401. The first-order valence-corrected chi connectivity index (χ1v) is 7.22. The van der Waals surface area contributed by atoms with Crippen molar-refractivity contribution < 1.29 is 9.53 Å². The van der Waals surface area contributed by atoms with E-state index in [2.05, 4.69) is 0 Å². The molecule has 0 fully saturated rings. The Bertz CT molecular complexity index is 599. The van der Waals surface area contributed by atoms with E-state index in [9.17, 15) is 4.79 Å². The van der Waals surface area contributed by atoms with E-state index in [1.165, 1.54) is 0 Å². The molecule has 2 rings (SSSR count). The van der Waals surface area contributed by atoms with Crippen LogP contribution in [0, 0.1) is 0 Å². The summed E-state index contributed by atoms with van der Waals surface area (Å²) in [6, 6.07) is 17.0. The molecule has 0 aliphatic heterocycles. The number of anilines is 1. The van der Waals surface area contributed by atoms with Crippen LogP contribution in [-0.4, -0.2) is 12.2 Å². The van der Waals surface area contributed by atoms with Crippen LogP contribution in [0.5, 0.6) is 0 Å². The first-order chi connectivity index (χ1) is 10.1. The van der Waals surface area contributed by atoms with Crippen molar-refractivity contribution >= 4 is 23.4 Å². The summed E-state index contributed by atoms with van der Waals surface area (Å²) in [5, 5.41) is 0.522. The van der Waals surface area contributed by atoms with Crippen molar-refractivity contribution in [2.75, 3.05) is 4.90 Å². The summed E-state index contributed by atoms with van der Waals surface area (Å²) in [4.78, 5) is 13.9. The van der Waals surface area contributed by atoms with Gasteiger partial charge < -0.3 is 4.74 Å². The largest absolute Gasteiger partial charge is 0.446 e. The predicted molar refractivity (Wildman–Crippen MR) is 85.7 cm³/mol. The van der Waals surface area contributed by atoms with Gasteiger partial charge in [-0.2, -0.15) is 0 Å². The highest BCUT2D eigenvalue weighted by atomic mass is 35.5. The molecule has 0 saturated heterocycles. The average Bonchev–Trinajstić information content (AvgIpc) is 2.46. The zero-order chi connectivity index (χ0) is 15.2. The van der Waals surface area contributed by atoms with E-state index in [1.54, 1.807) is 11.0 Å². The highest BCUT2D eigenvalue weighted by molar-refractivity contribution is 6.33.